The van der Waals surface area contributed by atoms with Crippen LogP contribution in [-0.4, -0.2) is 4.98 Å². The second-order valence-corrected chi connectivity index (χ2v) is 2.38. The van der Waals surface area contributed by atoms with E-state index in [1.807, 2.05) is 19.1 Å². The monoisotopic (exact) mass is 139 g/mol. The fraction of sp³-hybridized carbons (Fsp3) is 0.429. The summed E-state index contributed by atoms with van der Waals surface area (Å²) in [6.45, 7) is 2.04. The molecule has 3 nitrogen and oxygen atoms in total. The minimum Gasteiger partial charge on any atom is -0.385 e. The van der Waals surface area contributed by atoms with Gasteiger partial charge < -0.3 is 16.5 Å². The zero-order valence-electron chi connectivity index (χ0n) is 6.09. The maximum absolute atomic E-state index is 5.72. The van der Waals surface area contributed by atoms with Crippen LogP contribution in [0.5, 0.6) is 0 Å². The first-order chi connectivity index (χ1) is 4.74. The van der Waals surface area contributed by atoms with Crippen LogP contribution >= 0.6 is 0 Å². The zero-order valence-corrected chi connectivity index (χ0v) is 6.09. The Bertz CT molecular complexity index is 204. The molecule has 0 saturated carbocycles. The van der Waals surface area contributed by atoms with Crippen molar-refractivity contribution in [3.05, 3.63) is 17.8 Å². The zero-order chi connectivity index (χ0) is 7.56. The second kappa shape index (κ2) is 2.75. The Labute approximate surface area is 60.4 Å². The Morgan fingerprint density at radius 3 is 2.70 bits per heavy atom. The van der Waals surface area contributed by atoms with Crippen LogP contribution in [0.3, 0.4) is 0 Å². The molecule has 1 aromatic heterocycles. The standard InChI is InChI=1S/C7H13N3/c1-2-5(8)6-3-4-7(9)10-6/h3-5,10H,2,8-9H2,1H3/t5-/m1/s1. The van der Waals surface area contributed by atoms with Crippen LogP contribution in [0.4, 0.5) is 5.82 Å². The summed E-state index contributed by atoms with van der Waals surface area (Å²) in [6, 6.07) is 3.84. The SMILES string of the molecule is CC[C@@H](N)c1ccc(N)[nH]1. The number of rotatable bonds is 2. The van der Waals surface area contributed by atoms with E-state index in [0.717, 1.165) is 12.1 Å². The molecule has 0 aromatic carbocycles. The highest BCUT2D eigenvalue weighted by atomic mass is 14.9. The van der Waals surface area contributed by atoms with Crippen LogP contribution < -0.4 is 11.5 Å². The van der Waals surface area contributed by atoms with Gasteiger partial charge in [0.2, 0.25) is 0 Å². The van der Waals surface area contributed by atoms with Crippen LogP contribution in [-0.2, 0) is 0 Å². The Kier molecular flexibility index (Phi) is 1.97. The number of nitrogen functional groups attached to an aromatic ring is 1. The Balaban J connectivity index is 2.74. The van der Waals surface area contributed by atoms with E-state index in [-0.39, 0.29) is 6.04 Å². The Morgan fingerprint density at radius 1 is 1.60 bits per heavy atom. The molecule has 1 atom stereocenters. The van der Waals surface area contributed by atoms with E-state index in [0.29, 0.717) is 5.82 Å². The lowest BCUT2D eigenvalue weighted by Crippen LogP contribution is -2.08. The predicted molar refractivity (Wildman–Crippen MR) is 42.4 cm³/mol. The third-order valence-corrected chi connectivity index (χ3v) is 1.57. The number of aromatic amines is 1. The molecule has 0 saturated heterocycles. The van der Waals surface area contributed by atoms with E-state index >= 15 is 0 Å². The van der Waals surface area contributed by atoms with Gasteiger partial charge >= 0.3 is 0 Å². The molecule has 0 amide bonds. The number of hydrogen-bond acceptors (Lipinski definition) is 2. The molecule has 56 valence electrons. The summed E-state index contributed by atoms with van der Waals surface area (Å²) in [4.78, 5) is 2.98. The number of hydrogen-bond donors (Lipinski definition) is 3. The molecule has 0 fully saturated rings. The fourth-order valence-corrected chi connectivity index (χ4v) is 0.866. The molecular formula is C7H13N3. The quantitative estimate of drug-likeness (QED) is 0.572. The molecule has 0 spiro atoms. The van der Waals surface area contributed by atoms with E-state index in [4.69, 9.17) is 11.5 Å². The molecule has 0 aliphatic rings. The van der Waals surface area contributed by atoms with Crippen molar-refractivity contribution in [1.82, 2.24) is 4.98 Å². The van der Waals surface area contributed by atoms with Gasteiger partial charge in [-0.1, -0.05) is 6.92 Å². The van der Waals surface area contributed by atoms with Crippen LogP contribution in [0, 0.1) is 0 Å². The summed E-state index contributed by atoms with van der Waals surface area (Å²) in [7, 11) is 0. The van der Waals surface area contributed by atoms with Gasteiger partial charge in [-0.2, -0.15) is 0 Å². The number of nitrogens with two attached hydrogens (primary N) is 2. The van der Waals surface area contributed by atoms with Gasteiger partial charge in [0.05, 0.1) is 0 Å². The third-order valence-electron chi connectivity index (χ3n) is 1.57. The van der Waals surface area contributed by atoms with Crippen molar-refractivity contribution >= 4 is 5.82 Å². The number of H-pyrrole nitrogens is 1. The van der Waals surface area contributed by atoms with Crippen LogP contribution in [0.2, 0.25) is 0 Å². The van der Waals surface area contributed by atoms with E-state index < -0.39 is 0 Å². The van der Waals surface area contributed by atoms with Crippen molar-refractivity contribution in [2.24, 2.45) is 5.73 Å². The molecule has 1 rings (SSSR count). The normalized spacial score (nSPS) is 13.4. The van der Waals surface area contributed by atoms with Crippen LogP contribution in [0.1, 0.15) is 25.1 Å². The van der Waals surface area contributed by atoms with Crippen molar-refractivity contribution in [2.45, 2.75) is 19.4 Å². The summed E-state index contributed by atoms with van der Waals surface area (Å²) < 4.78 is 0. The van der Waals surface area contributed by atoms with Crippen molar-refractivity contribution in [1.29, 1.82) is 0 Å². The average molecular weight is 139 g/mol. The van der Waals surface area contributed by atoms with Gasteiger partial charge in [-0.3, -0.25) is 0 Å². The first kappa shape index (κ1) is 7.15. The summed E-state index contributed by atoms with van der Waals surface area (Å²) in [6.07, 6.45) is 0.931. The summed E-state index contributed by atoms with van der Waals surface area (Å²) in [5.74, 6) is 0.680. The highest BCUT2D eigenvalue weighted by Gasteiger charge is 2.03. The highest BCUT2D eigenvalue weighted by Crippen LogP contribution is 2.12. The van der Waals surface area contributed by atoms with Crippen molar-refractivity contribution in [2.75, 3.05) is 5.73 Å². The second-order valence-electron chi connectivity index (χ2n) is 2.38. The molecule has 0 radical (unpaired) electrons. The highest BCUT2D eigenvalue weighted by molar-refractivity contribution is 5.32. The molecule has 10 heavy (non-hydrogen) atoms. The number of anilines is 1. The Hall–Kier alpha value is -0.960. The van der Waals surface area contributed by atoms with Gasteiger partial charge in [-0.05, 0) is 18.6 Å². The van der Waals surface area contributed by atoms with E-state index in [2.05, 4.69) is 4.98 Å². The smallest absolute Gasteiger partial charge is 0.100 e. The van der Waals surface area contributed by atoms with Gasteiger partial charge in [0.1, 0.15) is 5.82 Å². The van der Waals surface area contributed by atoms with Crippen molar-refractivity contribution in [3.63, 3.8) is 0 Å². The van der Waals surface area contributed by atoms with Gasteiger partial charge in [0, 0.05) is 11.7 Å². The summed E-state index contributed by atoms with van der Waals surface area (Å²) in [5, 5.41) is 0. The van der Waals surface area contributed by atoms with Crippen LogP contribution in [0.15, 0.2) is 12.1 Å². The minimum absolute atomic E-state index is 0.0947. The third kappa shape index (κ3) is 1.30. The maximum atomic E-state index is 5.72. The van der Waals surface area contributed by atoms with Gasteiger partial charge in [-0.15, -0.1) is 0 Å². The lowest BCUT2D eigenvalue weighted by molar-refractivity contribution is 0.681. The molecule has 1 heterocycles. The molecule has 5 N–H and O–H groups in total. The van der Waals surface area contributed by atoms with Crippen molar-refractivity contribution < 1.29 is 0 Å². The van der Waals surface area contributed by atoms with Gasteiger partial charge in [0.15, 0.2) is 0 Å². The molecule has 0 aliphatic carbocycles. The number of aromatic nitrogens is 1. The summed E-state index contributed by atoms with van der Waals surface area (Å²) >= 11 is 0. The molecule has 0 bridgehead atoms. The first-order valence-corrected chi connectivity index (χ1v) is 3.44. The molecular weight excluding hydrogens is 126 g/mol. The largest absolute Gasteiger partial charge is 0.385 e. The number of nitrogens with one attached hydrogen (secondary N) is 1. The lowest BCUT2D eigenvalue weighted by Gasteiger charge is -2.04. The fourth-order valence-electron chi connectivity index (χ4n) is 0.866. The predicted octanol–water partition coefficient (Wildman–Crippen LogP) is 1.01. The molecule has 0 unspecified atom stereocenters. The minimum atomic E-state index is 0.0947. The van der Waals surface area contributed by atoms with E-state index in [9.17, 15) is 0 Å². The summed E-state index contributed by atoms with van der Waals surface area (Å²) in [5.41, 5.74) is 12.2. The lowest BCUT2D eigenvalue weighted by atomic mass is 10.2. The molecule has 1 aromatic rings. The molecule has 0 aliphatic heterocycles. The van der Waals surface area contributed by atoms with Gasteiger partial charge in [0.25, 0.3) is 0 Å². The molecule has 3 heteroatoms. The topological polar surface area (TPSA) is 67.8 Å². The van der Waals surface area contributed by atoms with E-state index in [1.54, 1.807) is 0 Å². The van der Waals surface area contributed by atoms with Gasteiger partial charge in [-0.25, -0.2) is 0 Å². The maximum Gasteiger partial charge on any atom is 0.100 e. The first-order valence-electron chi connectivity index (χ1n) is 3.44. The Morgan fingerprint density at radius 2 is 2.30 bits per heavy atom. The average Bonchev–Trinajstić information content (AvgIpc) is 2.34. The van der Waals surface area contributed by atoms with E-state index in [1.165, 1.54) is 0 Å². The van der Waals surface area contributed by atoms with Crippen molar-refractivity contribution in [3.8, 4) is 0 Å². The van der Waals surface area contributed by atoms with Crippen LogP contribution in [0.25, 0.3) is 0 Å².